The lowest BCUT2D eigenvalue weighted by atomic mass is 10.3. The van der Waals surface area contributed by atoms with Crippen molar-refractivity contribution in [2.45, 2.75) is 0 Å². The van der Waals surface area contributed by atoms with Crippen molar-refractivity contribution in [3.8, 4) is 0 Å². The second-order valence-corrected chi connectivity index (χ2v) is 3.18. The highest BCUT2D eigenvalue weighted by molar-refractivity contribution is 5.56. The van der Waals surface area contributed by atoms with E-state index in [2.05, 4.69) is 15.3 Å². The molecule has 4 nitrogen and oxygen atoms in total. The minimum Gasteiger partial charge on any atom is -0.368 e. The maximum Gasteiger partial charge on any atom is 0.221 e. The fourth-order valence-corrected chi connectivity index (χ4v) is 1.22. The van der Waals surface area contributed by atoms with Crippen LogP contribution in [-0.2, 0) is 0 Å². The fourth-order valence-electron chi connectivity index (χ4n) is 1.22. The third-order valence-electron chi connectivity index (χ3n) is 1.93. The van der Waals surface area contributed by atoms with Crippen LogP contribution in [-0.4, -0.2) is 9.97 Å². The van der Waals surface area contributed by atoms with Crippen LogP contribution in [0.25, 0.3) is 0 Å². The van der Waals surface area contributed by atoms with Gasteiger partial charge < -0.3 is 11.1 Å². The van der Waals surface area contributed by atoms with Crippen LogP contribution < -0.4 is 11.1 Å². The molecule has 0 spiro atoms. The SMILES string of the molecule is Nc1nccc(Nc2cc(F)c(F)c(F)c2)n1. The zero-order chi connectivity index (χ0) is 12.4. The predicted molar refractivity (Wildman–Crippen MR) is 56.0 cm³/mol. The minimum absolute atomic E-state index is 0.0121. The summed E-state index contributed by atoms with van der Waals surface area (Å²) in [6, 6.07) is 3.09. The van der Waals surface area contributed by atoms with Gasteiger partial charge in [-0.25, -0.2) is 18.2 Å². The molecule has 1 aromatic carbocycles. The Morgan fingerprint density at radius 3 is 2.35 bits per heavy atom. The molecule has 17 heavy (non-hydrogen) atoms. The molecule has 0 saturated heterocycles. The summed E-state index contributed by atoms with van der Waals surface area (Å²) < 4.78 is 38.5. The van der Waals surface area contributed by atoms with E-state index in [-0.39, 0.29) is 17.5 Å². The van der Waals surface area contributed by atoms with Crippen LogP contribution in [0.1, 0.15) is 0 Å². The fraction of sp³-hybridized carbons (Fsp3) is 0. The van der Waals surface area contributed by atoms with Gasteiger partial charge in [-0.15, -0.1) is 0 Å². The van der Waals surface area contributed by atoms with E-state index in [9.17, 15) is 13.2 Å². The number of nitrogens with one attached hydrogen (secondary N) is 1. The molecule has 7 heteroatoms. The molecule has 88 valence electrons. The van der Waals surface area contributed by atoms with Crippen LogP contribution in [0.3, 0.4) is 0 Å². The van der Waals surface area contributed by atoms with Crippen LogP contribution in [0.2, 0.25) is 0 Å². The summed E-state index contributed by atoms with van der Waals surface area (Å²) in [6.07, 6.45) is 1.38. The van der Waals surface area contributed by atoms with E-state index in [1.54, 1.807) is 0 Å². The topological polar surface area (TPSA) is 63.8 Å². The maximum atomic E-state index is 12.9. The molecule has 0 aliphatic carbocycles. The van der Waals surface area contributed by atoms with Crippen molar-refractivity contribution in [1.29, 1.82) is 0 Å². The third-order valence-corrected chi connectivity index (χ3v) is 1.93. The summed E-state index contributed by atoms with van der Waals surface area (Å²) in [5.41, 5.74) is 5.35. The Hall–Kier alpha value is -2.31. The van der Waals surface area contributed by atoms with E-state index < -0.39 is 17.5 Å². The van der Waals surface area contributed by atoms with Crippen molar-refractivity contribution in [3.05, 3.63) is 41.8 Å². The summed E-state index contributed by atoms with van der Waals surface area (Å²) in [4.78, 5) is 7.42. The Kier molecular flexibility index (Phi) is 2.82. The summed E-state index contributed by atoms with van der Waals surface area (Å²) >= 11 is 0. The van der Waals surface area contributed by atoms with Gasteiger partial charge in [0.05, 0.1) is 0 Å². The van der Waals surface area contributed by atoms with Crippen LogP contribution in [0, 0.1) is 17.5 Å². The van der Waals surface area contributed by atoms with Crippen molar-refractivity contribution in [3.63, 3.8) is 0 Å². The standard InChI is InChI=1S/C10H7F3N4/c11-6-3-5(4-7(12)9(6)13)16-8-1-2-15-10(14)17-8/h1-4H,(H3,14,15,16,17). The van der Waals surface area contributed by atoms with Gasteiger partial charge in [0.2, 0.25) is 5.95 Å². The van der Waals surface area contributed by atoms with Crippen molar-refractivity contribution < 1.29 is 13.2 Å². The quantitative estimate of drug-likeness (QED) is 0.790. The van der Waals surface area contributed by atoms with Gasteiger partial charge in [0.1, 0.15) is 5.82 Å². The molecule has 3 N–H and O–H groups in total. The molecule has 0 amide bonds. The molecular formula is C10H7F3N4. The Labute approximate surface area is 94.3 Å². The van der Waals surface area contributed by atoms with Gasteiger partial charge in [-0.1, -0.05) is 0 Å². The Bertz CT molecular complexity index is 536. The molecule has 0 atom stereocenters. The average Bonchev–Trinajstić information content (AvgIpc) is 2.26. The lowest BCUT2D eigenvalue weighted by molar-refractivity contribution is 0.448. The smallest absolute Gasteiger partial charge is 0.221 e. The molecule has 2 aromatic rings. The summed E-state index contributed by atoms with van der Waals surface area (Å²) in [5.74, 6) is -3.82. The minimum atomic E-state index is -1.52. The monoisotopic (exact) mass is 240 g/mol. The van der Waals surface area contributed by atoms with E-state index in [4.69, 9.17) is 5.73 Å². The number of nitrogens with zero attached hydrogens (tertiary/aromatic N) is 2. The number of anilines is 3. The predicted octanol–water partition coefficient (Wildman–Crippen LogP) is 2.22. The van der Waals surface area contributed by atoms with Gasteiger partial charge in [-0.3, -0.25) is 0 Å². The molecule has 0 radical (unpaired) electrons. The van der Waals surface area contributed by atoms with E-state index in [1.807, 2.05) is 0 Å². The zero-order valence-electron chi connectivity index (χ0n) is 8.42. The lowest BCUT2D eigenvalue weighted by Gasteiger charge is -2.06. The number of halogens is 3. The first-order valence-electron chi connectivity index (χ1n) is 4.56. The highest BCUT2D eigenvalue weighted by atomic mass is 19.2. The van der Waals surface area contributed by atoms with Crippen LogP contribution in [0.4, 0.5) is 30.6 Å². The Balaban J connectivity index is 2.31. The number of benzene rings is 1. The van der Waals surface area contributed by atoms with E-state index >= 15 is 0 Å². The zero-order valence-corrected chi connectivity index (χ0v) is 8.42. The summed E-state index contributed by atoms with van der Waals surface area (Å²) in [6.45, 7) is 0. The van der Waals surface area contributed by atoms with Gasteiger partial charge in [0, 0.05) is 24.0 Å². The average molecular weight is 240 g/mol. The number of hydrogen-bond acceptors (Lipinski definition) is 4. The molecule has 0 aliphatic rings. The number of aromatic nitrogens is 2. The van der Waals surface area contributed by atoms with E-state index in [0.717, 1.165) is 12.1 Å². The van der Waals surface area contributed by atoms with Crippen molar-refractivity contribution >= 4 is 17.5 Å². The molecule has 1 aromatic heterocycles. The van der Waals surface area contributed by atoms with Crippen molar-refractivity contribution in [1.82, 2.24) is 9.97 Å². The Morgan fingerprint density at radius 2 is 1.76 bits per heavy atom. The van der Waals surface area contributed by atoms with Gasteiger partial charge in [-0.05, 0) is 6.07 Å². The number of rotatable bonds is 2. The van der Waals surface area contributed by atoms with Crippen molar-refractivity contribution in [2.24, 2.45) is 0 Å². The highest BCUT2D eigenvalue weighted by Gasteiger charge is 2.10. The van der Waals surface area contributed by atoms with Crippen molar-refractivity contribution in [2.75, 3.05) is 11.1 Å². The molecule has 0 aliphatic heterocycles. The molecule has 0 saturated carbocycles. The summed E-state index contributed by atoms with van der Waals surface area (Å²) in [7, 11) is 0. The number of nitrogen functional groups attached to an aromatic ring is 1. The second-order valence-electron chi connectivity index (χ2n) is 3.18. The first kappa shape index (κ1) is 11.2. The molecule has 2 rings (SSSR count). The van der Waals surface area contributed by atoms with Gasteiger partial charge >= 0.3 is 0 Å². The van der Waals surface area contributed by atoms with Gasteiger partial charge in [0.15, 0.2) is 17.5 Å². The highest BCUT2D eigenvalue weighted by Crippen LogP contribution is 2.20. The van der Waals surface area contributed by atoms with Crippen LogP contribution in [0.5, 0.6) is 0 Å². The van der Waals surface area contributed by atoms with Gasteiger partial charge in [0.25, 0.3) is 0 Å². The van der Waals surface area contributed by atoms with E-state index in [0.29, 0.717) is 0 Å². The third kappa shape index (κ3) is 2.44. The second kappa shape index (κ2) is 4.28. The molecular weight excluding hydrogens is 233 g/mol. The number of hydrogen-bond donors (Lipinski definition) is 2. The first-order valence-corrected chi connectivity index (χ1v) is 4.56. The molecule has 0 fully saturated rings. The first-order chi connectivity index (χ1) is 8.06. The normalized spacial score (nSPS) is 10.3. The van der Waals surface area contributed by atoms with Crippen LogP contribution >= 0.6 is 0 Å². The lowest BCUT2D eigenvalue weighted by Crippen LogP contribution is -2.00. The number of nitrogens with two attached hydrogens (primary N) is 1. The molecule has 1 heterocycles. The van der Waals surface area contributed by atoms with Gasteiger partial charge in [-0.2, -0.15) is 4.98 Å². The van der Waals surface area contributed by atoms with E-state index in [1.165, 1.54) is 12.3 Å². The molecule has 0 bridgehead atoms. The Morgan fingerprint density at radius 1 is 1.12 bits per heavy atom. The largest absolute Gasteiger partial charge is 0.368 e. The molecule has 0 unspecified atom stereocenters. The summed E-state index contributed by atoms with van der Waals surface area (Å²) in [5, 5.41) is 2.58. The van der Waals surface area contributed by atoms with Crippen LogP contribution in [0.15, 0.2) is 24.4 Å². The maximum absolute atomic E-state index is 12.9.